The zero-order valence-corrected chi connectivity index (χ0v) is 24.7. The number of hydrogen-bond acceptors (Lipinski definition) is 7. The van der Waals surface area contributed by atoms with Crippen molar-refractivity contribution < 1.29 is 31.7 Å². The first-order valence-electron chi connectivity index (χ1n) is 10.5. The number of rotatable bonds is 15. The second-order valence-electron chi connectivity index (χ2n) is 10.5. The van der Waals surface area contributed by atoms with Gasteiger partial charge in [-0.2, -0.15) is 0 Å². The zero-order chi connectivity index (χ0) is 23.8. The molecule has 1 unspecified atom stereocenters. The summed E-state index contributed by atoms with van der Waals surface area (Å²) in [6, 6.07) is 0.403. The van der Waals surface area contributed by atoms with Gasteiger partial charge < -0.3 is 26.9 Å². The first-order chi connectivity index (χ1) is 13.4. The molecule has 0 heterocycles. The normalized spacial score (nSPS) is 14.5. The van der Waals surface area contributed by atoms with E-state index < -0.39 is 45.8 Å². The van der Waals surface area contributed by atoms with Crippen molar-refractivity contribution in [3.63, 3.8) is 0 Å². The molecule has 0 fully saturated rings. The Morgan fingerprint density at radius 1 is 0.900 bits per heavy atom. The maximum absolute atomic E-state index is 12.0. The van der Waals surface area contributed by atoms with Crippen molar-refractivity contribution in [2.45, 2.75) is 84.4 Å². The summed E-state index contributed by atoms with van der Waals surface area (Å²) in [5, 5.41) is 9.14. The summed E-state index contributed by atoms with van der Waals surface area (Å²) in [4.78, 5) is 12.0. The van der Waals surface area contributed by atoms with Gasteiger partial charge in [-0.25, -0.2) is 4.79 Å². The minimum absolute atomic E-state index is 0.0308. The van der Waals surface area contributed by atoms with E-state index in [1.807, 2.05) is 0 Å². The van der Waals surface area contributed by atoms with Gasteiger partial charge in [-0.05, 0) is 72.3 Å². The van der Waals surface area contributed by atoms with Gasteiger partial charge in [-0.1, -0.05) is 6.58 Å². The van der Waals surface area contributed by atoms with Crippen molar-refractivity contribution in [2.24, 2.45) is 0 Å². The van der Waals surface area contributed by atoms with Crippen LogP contribution in [-0.2, 0) is 26.6 Å². The van der Waals surface area contributed by atoms with E-state index in [1.54, 1.807) is 6.92 Å². The van der Waals surface area contributed by atoms with Crippen molar-refractivity contribution in [1.29, 1.82) is 0 Å². The Balaban J connectivity index is 5.91. The molecule has 0 aromatic heterocycles. The Kier molecular flexibility index (Phi) is 12.2. The van der Waals surface area contributed by atoms with Gasteiger partial charge in [0.25, 0.3) is 0 Å². The maximum Gasteiger partial charge on any atom is 0.472 e. The Hall–Kier alpha value is -0.122. The fourth-order valence-corrected chi connectivity index (χ4v) is 17.3. The topological polar surface area (TPSA) is 83.5 Å². The maximum atomic E-state index is 12.0. The van der Waals surface area contributed by atoms with Gasteiger partial charge in [0, 0.05) is 24.8 Å². The Bertz CT molecular complexity index is 510. The van der Waals surface area contributed by atoms with E-state index in [1.165, 1.54) is 0 Å². The lowest BCUT2D eigenvalue weighted by atomic mass is 10.3. The molecule has 0 aliphatic heterocycles. The molecule has 0 saturated heterocycles. The van der Waals surface area contributed by atoms with Gasteiger partial charge in [-0.3, -0.25) is 0 Å². The van der Waals surface area contributed by atoms with Crippen LogP contribution in [0.15, 0.2) is 12.2 Å². The van der Waals surface area contributed by atoms with Crippen LogP contribution in [0.4, 0.5) is 0 Å². The first-order valence-corrected chi connectivity index (χ1v) is 22.7. The highest BCUT2D eigenvalue weighted by molar-refractivity contribution is 6.90. The summed E-state index contributed by atoms with van der Waals surface area (Å²) in [5.41, 5.74) is 0.336. The van der Waals surface area contributed by atoms with E-state index in [2.05, 4.69) is 65.5 Å². The van der Waals surface area contributed by atoms with Gasteiger partial charge in [0.05, 0.1) is 6.10 Å². The monoisotopic (exact) mass is 496 g/mol. The number of aliphatic hydroxyl groups is 1. The van der Waals surface area contributed by atoms with Crippen LogP contribution in [0.5, 0.6) is 0 Å². The van der Waals surface area contributed by atoms with E-state index in [-0.39, 0.29) is 13.2 Å². The summed E-state index contributed by atoms with van der Waals surface area (Å²) in [6.45, 7) is 24.8. The van der Waals surface area contributed by atoms with Crippen LogP contribution in [0.2, 0.25) is 65.0 Å². The van der Waals surface area contributed by atoms with Crippen LogP contribution >= 0.6 is 0 Å². The molecule has 0 rings (SSSR count). The van der Waals surface area contributed by atoms with Gasteiger partial charge in [-0.15, -0.1) is 0 Å². The molecule has 0 amide bonds. The molecule has 0 aliphatic rings. The lowest BCUT2D eigenvalue weighted by molar-refractivity contribution is -0.143. The number of carbonyl (C=O) groups excluding carboxylic acids is 1. The molecule has 30 heavy (non-hydrogen) atoms. The Labute approximate surface area is 187 Å². The van der Waals surface area contributed by atoms with Gasteiger partial charge in [0.2, 0.25) is 0 Å². The third-order valence-corrected chi connectivity index (χ3v) is 15.3. The molecular formula is C19H44O7Si4. The van der Waals surface area contributed by atoms with Crippen molar-refractivity contribution in [3.8, 4) is 0 Å². The molecule has 0 spiro atoms. The average Bonchev–Trinajstić information content (AvgIpc) is 2.46. The number of esters is 1. The fraction of sp³-hybridized carbons (Fsp3) is 0.842. The molecule has 178 valence electrons. The van der Waals surface area contributed by atoms with Crippen LogP contribution in [0, 0.1) is 0 Å². The smallest absolute Gasteiger partial charge is 0.460 e. The van der Waals surface area contributed by atoms with Gasteiger partial charge >= 0.3 is 14.8 Å². The highest BCUT2D eigenvalue weighted by Gasteiger charge is 2.51. The predicted molar refractivity (Wildman–Crippen MR) is 131 cm³/mol. The summed E-state index contributed by atoms with van der Waals surface area (Å²) in [5.74, 6) is -0.457. The molecular weight excluding hydrogens is 453 g/mol. The van der Waals surface area contributed by atoms with Crippen molar-refractivity contribution in [2.75, 3.05) is 19.8 Å². The van der Waals surface area contributed by atoms with Crippen molar-refractivity contribution in [1.82, 2.24) is 0 Å². The summed E-state index contributed by atoms with van der Waals surface area (Å²) >= 11 is 0. The molecule has 0 saturated carbocycles. The standard InChI is InChI=1S/C19H44O7Si4/c1-17(2)19(21)23-15-18(22-14-12-13-20)16-30(24-27(3,4)5,25-28(6,7)8)26-29(9,10)11/h18,20H,1,12-16H2,2-11H3. The lowest BCUT2D eigenvalue weighted by Gasteiger charge is -2.44. The summed E-state index contributed by atoms with van der Waals surface area (Å²) < 4.78 is 31.4. The molecule has 0 aromatic carbocycles. The number of hydrogen-bond donors (Lipinski definition) is 1. The average molecular weight is 497 g/mol. The highest BCUT2D eigenvalue weighted by Crippen LogP contribution is 2.31. The van der Waals surface area contributed by atoms with Gasteiger partial charge in [0.15, 0.2) is 25.0 Å². The second-order valence-corrected chi connectivity index (χ2v) is 27.4. The van der Waals surface area contributed by atoms with Crippen LogP contribution in [0.25, 0.3) is 0 Å². The molecule has 0 radical (unpaired) electrons. The van der Waals surface area contributed by atoms with Crippen LogP contribution < -0.4 is 0 Å². The molecule has 7 nitrogen and oxygen atoms in total. The first kappa shape index (κ1) is 29.9. The largest absolute Gasteiger partial charge is 0.472 e. The minimum Gasteiger partial charge on any atom is -0.460 e. The summed E-state index contributed by atoms with van der Waals surface area (Å²) in [6.07, 6.45) is 0.0496. The molecule has 0 bridgehead atoms. The number of aliphatic hydroxyl groups excluding tert-OH is 1. The van der Waals surface area contributed by atoms with Gasteiger partial charge in [0.1, 0.15) is 6.61 Å². The molecule has 0 aliphatic carbocycles. The summed E-state index contributed by atoms with van der Waals surface area (Å²) in [7, 11) is -9.20. The Morgan fingerprint density at radius 3 is 1.67 bits per heavy atom. The van der Waals surface area contributed by atoms with E-state index in [0.717, 1.165) is 0 Å². The second kappa shape index (κ2) is 12.2. The molecule has 1 N–H and O–H groups in total. The predicted octanol–water partition coefficient (Wildman–Crippen LogP) is 4.37. The van der Waals surface area contributed by atoms with Crippen LogP contribution in [0.1, 0.15) is 13.3 Å². The third kappa shape index (κ3) is 14.8. The third-order valence-electron chi connectivity index (χ3n) is 3.27. The van der Waals surface area contributed by atoms with E-state index in [0.29, 0.717) is 24.6 Å². The lowest BCUT2D eigenvalue weighted by Crippen LogP contribution is -2.62. The van der Waals surface area contributed by atoms with Crippen LogP contribution in [0.3, 0.4) is 0 Å². The SMILES string of the molecule is C=C(C)C(=O)OCC(C[Si](O[Si](C)(C)C)(O[Si](C)(C)C)O[Si](C)(C)C)OCCCO. The molecule has 1 atom stereocenters. The van der Waals surface area contributed by atoms with Crippen molar-refractivity contribution >= 4 is 39.7 Å². The molecule has 0 aromatic rings. The van der Waals surface area contributed by atoms with E-state index in [4.69, 9.17) is 26.9 Å². The Morgan fingerprint density at radius 2 is 1.33 bits per heavy atom. The van der Waals surface area contributed by atoms with E-state index in [9.17, 15) is 4.79 Å². The van der Waals surface area contributed by atoms with Crippen molar-refractivity contribution in [3.05, 3.63) is 12.2 Å². The van der Waals surface area contributed by atoms with E-state index >= 15 is 0 Å². The number of ether oxygens (including phenoxy) is 2. The number of carbonyl (C=O) groups is 1. The van der Waals surface area contributed by atoms with Crippen LogP contribution in [-0.4, -0.2) is 70.8 Å². The minimum atomic E-state index is -3.14. The molecule has 11 heteroatoms. The quantitative estimate of drug-likeness (QED) is 0.156. The highest BCUT2D eigenvalue weighted by atomic mass is 28.5. The fourth-order valence-electron chi connectivity index (χ4n) is 2.64. The zero-order valence-electron chi connectivity index (χ0n) is 20.7.